The van der Waals surface area contributed by atoms with Gasteiger partial charge in [-0.1, -0.05) is 0 Å². The summed E-state index contributed by atoms with van der Waals surface area (Å²) in [6.45, 7) is 2.68. The lowest BCUT2D eigenvalue weighted by Gasteiger charge is -2.16. The first kappa shape index (κ1) is 12.8. The van der Waals surface area contributed by atoms with Crippen LogP contribution in [0, 0.1) is 12.3 Å². The normalized spacial score (nSPS) is 16.3. The first-order valence-electron chi connectivity index (χ1n) is 6.12. The average molecular weight is 250 g/mol. The van der Waals surface area contributed by atoms with Crippen molar-refractivity contribution < 1.29 is 15.0 Å². The predicted octanol–water partition coefficient (Wildman–Crippen LogP) is 1.66. The second-order valence-corrected chi connectivity index (χ2v) is 4.98. The fourth-order valence-corrected chi connectivity index (χ4v) is 2.06. The third-order valence-electron chi connectivity index (χ3n) is 3.49. The Labute approximate surface area is 106 Å². The molecule has 0 radical (unpaired) electrons. The third-order valence-corrected chi connectivity index (χ3v) is 3.49. The summed E-state index contributed by atoms with van der Waals surface area (Å²) < 4.78 is 0. The largest absolute Gasteiger partial charge is 0.478 e. The highest BCUT2D eigenvalue weighted by atomic mass is 16.4. The second kappa shape index (κ2) is 4.94. The van der Waals surface area contributed by atoms with Crippen LogP contribution in [0.5, 0.6) is 0 Å². The maximum absolute atomic E-state index is 11.1. The quantitative estimate of drug-likeness (QED) is 0.715. The summed E-state index contributed by atoms with van der Waals surface area (Å²) in [4.78, 5) is 15.3. The zero-order chi connectivity index (χ0) is 13.2. The van der Waals surface area contributed by atoms with Crippen LogP contribution in [0.1, 0.15) is 35.3 Å². The van der Waals surface area contributed by atoms with Gasteiger partial charge in [0.25, 0.3) is 0 Å². The van der Waals surface area contributed by atoms with E-state index in [2.05, 4.69) is 10.3 Å². The predicted molar refractivity (Wildman–Crippen MR) is 67.8 cm³/mol. The van der Waals surface area contributed by atoms with E-state index in [0.29, 0.717) is 12.4 Å². The number of anilines is 1. The summed E-state index contributed by atoms with van der Waals surface area (Å²) in [5, 5.41) is 21.2. The molecule has 0 aromatic carbocycles. The molecule has 0 spiro atoms. The molecule has 2 rings (SSSR count). The first-order valence-corrected chi connectivity index (χ1v) is 6.12. The molecule has 1 aromatic rings. The van der Waals surface area contributed by atoms with Crippen molar-refractivity contribution in [2.75, 3.05) is 18.5 Å². The summed E-state index contributed by atoms with van der Waals surface area (Å²) in [6.07, 6.45) is 2.91. The number of aromatic carboxylic acids is 1. The fourth-order valence-electron chi connectivity index (χ4n) is 2.06. The van der Waals surface area contributed by atoms with Crippen molar-refractivity contribution in [1.29, 1.82) is 0 Å². The zero-order valence-corrected chi connectivity index (χ0v) is 10.4. The van der Waals surface area contributed by atoms with Crippen molar-refractivity contribution in [2.45, 2.75) is 26.2 Å². The zero-order valence-electron chi connectivity index (χ0n) is 10.4. The Morgan fingerprint density at radius 2 is 2.22 bits per heavy atom. The maximum atomic E-state index is 11.1. The number of hydrogen-bond donors (Lipinski definition) is 3. The molecular formula is C13H18N2O3. The Morgan fingerprint density at radius 1 is 1.50 bits per heavy atom. The molecule has 3 N–H and O–H groups in total. The number of carboxylic acid groups (broad SMARTS) is 1. The van der Waals surface area contributed by atoms with Gasteiger partial charge in [0.2, 0.25) is 0 Å². The van der Waals surface area contributed by atoms with E-state index in [9.17, 15) is 4.79 Å². The SMILES string of the molecule is Cc1ccc(C(=O)O)c(NCC2(CCO)CC2)n1. The molecule has 1 heterocycles. The van der Waals surface area contributed by atoms with Gasteiger partial charge in [-0.05, 0) is 43.7 Å². The minimum Gasteiger partial charge on any atom is -0.478 e. The number of pyridine rings is 1. The number of nitrogens with zero attached hydrogens (tertiary/aromatic N) is 1. The molecule has 0 amide bonds. The molecule has 5 nitrogen and oxygen atoms in total. The summed E-state index contributed by atoms with van der Waals surface area (Å²) in [6, 6.07) is 3.26. The third kappa shape index (κ3) is 2.79. The summed E-state index contributed by atoms with van der Waals surface area (Å²) in [7, 11) is 0. The van der Waals surface area contributed by atoms with Crippen LogP contribution in [0.25, 0.3) is 0 Å². The fraction of sp³-hybridized carbons (Fsp3) is 0.538. The van der Waals surface area contributed by atoms with Crippen LogP contribution in [0.15, 0.2) is 12.1 Å². The van der Waals surface area contributed by atoms with Crippen molar-refractivity contribution in [2.24, 2.45) is 5.41 Å². The second-order valence-electron chi connectivity index (χ2n) is 4.98. The Hall–Kier alpha value is -1.62. The molecule has 1 fully saturated rings. The van der Waals surface area contributed by atoms with E-state index in [1.807, 2.05) is 6.92 Å². The molecule has 98 valence electrons. The number of hydrogen-bond acceptors (Lipinski definition) is 4. The Bertz CT molecular complexity index is 456. The lowest BCUT2D eigenvalue weighted by Crippen LogP contribution is -2.19. The standard InChI is InChI=1S/C13H18N2O3/c1-9-2-3-10(12(17)18)11(15-9)14-8-13(4-5-13)6-7-16/h2-3,16H,4-8H2,1H3,(H,14,15)(H,17,18). The molecule has 0 aliphatic heterocycles. The number of aryl methyl sites for hydroxylation is 1. The summed E-state index contributed by atoms with van der Waals surface area (Å²) in [5.41, 5.74) is 1.12. The van der Waals surface area contributed by atoms with Crippen molar-refractivity contribution in [3.63, 3.8) is 0 Å². The highest BCUT2D eigenvalue weighted by Gasteiger charge is 2.41. The van der Waals surface area contributed by atoms with Crippen LogP contribution in [-0.2, 0) is 0 Å². The van der Waals surface area contributed by atoms with Gasteiger partial charge in [0.1, 0.15) is 11.4 Å². The molecule has 0 atom stereocenters. The Balaban J connectivity index is 2.08. The van der Waals surface area contributed by atoms with Gasteiger partial charge in [-0.2, -0.15) is 0 Å². The van der Waals surface area contributed by atoms with Crippen LogP contribution in [-0.4, -0.2) is 34.3 Å². The van der Waals surface area contributed by atoms with Crippen LogP contribution < -0.4 is 5.32 Å². The van der Waals surface area contributed by atoms with Crippen molar-refractivity contribution in [3.8, 4) is 0 Å². The van der Waals surface area contributed by atoms with Gasteiger partial charge in [-0.25, -0.2) is 9.78 Å². The Morgan fingerprint density at radius 3 is 2.78 bits per heavy atom. The minimum atomic E-state index is -0.975. The van der Waals surface area contributed by atoms with Gasteiger partial charge in [0, 0.05) is 18.8 Å². The minimum absolute atomic E-state index is 0.135. The topological polar surface area (TPSA) is 82.5 Å². The summed E-state index contributed by atoms with van der Waals surface area (Å²) in [5.74, 6) is -0.552. The van der Waals surface area contributed by atoms with Crippen molar-refractivity contribution in [3.05, 3.63) is 23.4 Å². The van der Waals surface area contributed by atoms with E-state index < -0.39 is 5.97 Å². The lowest BCUT2D eigenvalue weighted by molar-refractivity contribution is 0.0697. The number of aliphatic hydroxyl groups is 1. The molecule has 1 aliphatic carbocycles. The molecule has 0 unspecified atom stereocenters. The van der Waals surface area contributed by atoms with Crippen molar-refractivity contribution in [1.82, 2.24) is 4.98 Å². The molecule has 0 saturated heterocycles. The maximum Gasteiger partial charge on any atom is 0.339 e. The van der Waals surface area contributed by atoms with E-state index in [4.69, 9.17) is 10.2 Å². The van der Waals surface area contributed by atoms with Gasteiger partial charge in [-0.3, -0.25) is 0 Å². The van der Waals surface area contributed by atoms with Crippen LogP contribution in [0.2, 0.25) is 0 Å². The lowest BCUT2D eigenvalue weighted by atomic mass is 10.0. The first-order chi connectivity index (χ1) is 8.56. The van der Waals surface area contributed by atoms with Crippen LogP contribution in [0.4, 0.5) is 5.82 Å². The highest BCUT2D eigenvalue weighted by Crippen LogP contribution is 2.48. The molecule has 1 aliphatic rings. The number of carboxylic acids is 1. The van der Waals surface area contributed by atoms with Gasteiger partial charge >= 0.3 is 5.97 Å². The molecule has 0 bridgehead atoms. The summed E-state index contributed by atoms with van der Waals surface area (Å²) >= 11 is 0. The number of carbonyl (C=O) groups is 1. The van der Waals surface area contributed by atoms with E-state index in [0.717, 1.165) is 25.0 Å². The van der Waals surface area contributed by atoms with Gasteiger partial charge in [0.05, 0.1) is 0 Å². The number of rotatable bonds is 6. The highest BCUT2D eigenvalue weighted by molar-refractivity contribution is 5.93. The van der Waals surface area contributed by atoms with E-state index >= 15 is 0 Å². The van der Waals surface area contributed by atoms with E-state index in [-0.39, 0.29) is 17.6 Å². The van der Waals surface area contributed by atoms with Crippen molar-refractivity contribution >= 4 is 11.8 Å². The molecule has 18 heavy (non-hydrogen) atoms. The number of aromatic nitrogens is 1. The van der Waals surface area contributed by atoms with Gasteiger partial charge in [-0.15, -0.1) is 0 Å². The Kier molecular flexibility index (Phi) is 3.52. The van der Waals surface area contributed by atoms with Gasteiger partial charge in [0.15, 0.2) is 0 Å². The molecule has 1 aromatic heterocycles. The smallest absolute Gasteiger partial charge is 0.339 e. The van der Waals surface area contributed by atoms with E-state index in [1.165, 1.54) is 0 Å². The van der Waals surface area contributed by atoms with E-state index in [1.54, 1.807) is 12.1 Å². The number of nitrogens with one attached hydrogen (secondary N) is 1. The molecule has 1 saturated carbocycles. The monoisotopic (exact) mass is 250 g/mol. The average Bonchev–Trinajstić information content (AvgIpc) is 3.07. The molecular weight excluding hydrogens is 232 g/mol. The van der Waals surface area contributed by atoms with Crippen LogP contribution >= 0.6 is 0 Å². The number of aliphatic hydroxyl groups excluding tert-OH is 1. The molecule has 5 heteroatoms. The van der Waals surface area contributed by atoms with Gasteiger partial charge < -0.3 is 15.5 Å². The van der Waals surface area contributed by atoms with Crippen LogP contribution in [0.3, 0.4) is 0 Å².